The van der Waals surface area contributed by atoms with Gasteiger partial charge in [-0.1, -0.05) is 12.1 Å². The van der Waals surface area contributed by atoms with Crippen molar-refractivity contribution < 1.29 is 22.7 Å². The van der Waals surface area contributed by atoms with Crippen LogP contribution in [-0.4, -0.2) is 51.6 Å². The lowest BCUT2D eigenvalue weighted by Gasteiger charge is -2.32. The van der Waals surface area contributed by atoms with Gasteiger partial charge in [0.2, 0.25) is 10.0 Å². The fourth-order valence-corrected chi connectivity index (χ4v) is 3.82. The summed E-state index contributed by atoms with van der Waals surface area (Å²) in [6.07, 6.45) is 0. The number of hydrogen-bond donors (Lipinski definition) is 1. The zero-order chi connectivity index (χ0) is 15.5. The Kier molecular flexibility index (Phi) is 4.81. The molecule has 1 heterocycles. The summed E-state index contributed by atoms with van der Waals surface area (Å²) < 4.78 is 36.0. The molecule has 0 saturated carbocycles. The minimum atomic E-state index is -3.64. The van der Waals surface area contributed by atoms with Gasteiger partial charge in [-0.2, -0.15) is 4.31 Å². The first-order valence-electron chi connectivity index (χ1n) is 6.43. The molecule has 2 rings (SSSR count). The molecular weight excluding hydrogens is 296 g/mol. The van der Waals surface area contributed by atoms with E-state index >= 15 is 0 Å². The van der Waals surface area contributed by atoms with Crippen molar-refractivity contribution in [1.82, 2.24) is 4.31 Å². The van der Waals surface area contributed by atoms with Gasteiger partial charge in [-0.05, 0) is 17.7 Å². The smallest absolute Gasteiger partial charge is 0.326 e. The number of anilines is 1. The van der Waals surface area contributed by atoms with Crippen molar-refractivity contribution in [1.29, 1.82) is 0 Å². The van der Waals surface area contributed by atoms with Gasteiger partial charge >= 0.3 is 5.97 Å². The molecular formula is C13H18N2O5S. The maximum absolute atomic E-state index is 12.5. The predicted octanol–water partition coefficient (Wildman–Crippen LogP) is -0.0276. The van der Waals surface area contributed by atoms with Gasteiger partial charge < -0.3 is 15.2 Å². The first-order chi connectivity index (χ1) is 9.94. The molecule has 1 fully saturated rings. The third-order valence-corrected chi connectivity index (χ3v) is 5.09. The van der Waals surface area contributed by atoms with E-state index in [9.17, 15) is 13.2 Å². The Balaban J connectivity index is 2.20. The van der Waals surface area contributed by atoms with Crippen molar-refractivity contribution in [3.63, 3.8) is 0 Å². The lowest BCUT2D eigenvalue weighted by atomic mass is 10.2. The topological polar surface area (TPSA) is 98.9 Å². The van der Waals surface area contributed by atoms with Crippen LogP contribution >= 0.6 is 0 Å². The Labute approximate surface area is 123 Å². The number of morpholine rings is 1. The Morgan fingerprint density at radius 1 is 1.43 bits per heavy atom. The van der Waals surface area contributed by atoms with Gasteiger partial charge in [-0.3, -0.25) is 4.79 Å². The van der Waals surface area contributed by atoms with Crippen molar-refractivity contribution in [2.45, 2.75) is 11.8 Å². The van der Waals surface area contributed by atoms with Crippen LogP contribution in [-0.2, 0) is 30.0 Å². The number of sulfonamides is 1. The molecule has 21 heavy (non-hydrogen) atoms. The van der Waals surface area contributed by atoms with Crippen molar-refractivity contribution in [3.05, 3.63) is 29.8 Å². The molecule has 1 unspecified atom stereocenters. The van der Waals surface area contributed by atoms with E-state index in [1.807, 2.05) is 0 Å². The number of carbonyl (C=O) groups excluding carboxylic acids is 1. The lowest BCUT2D eigenvalue weighted by molar-refractivity contribution is -0.149. The van der Waals surface area contributed by atoms with E-state index in [4.69, 9.17) is 10.5 Å². The summed E-state index contributed by atoms with van der Waals surface area (Å²) in [6, 6.07) is 5.66. The number of carbonyl (C=O) groups is 1. The first kappa shape index (κ1) is 15.7. The number of methoxy groups -OCH3 is 1. The summed E-state index contributed by atoms with van der Waals surface area (Å²) in [7, 11) is -2.42. The molecule has 116 valence electrons. The van der Waals surface area contributed by atoms with Crippen LogP contribution in [0.1, 0.15) is 5.56 Å². The first-order valence-corrected chi connectivity index (χ1v) is 8.04. The minimum Gasteiger partial charge on any atom is -0.468 e. The van der Waals surface area contributed by atoms with Crippen LogP contribution in [0.25, 0.3) is 0 Å². The van der Waals surface area contributed by atoms with Crippen LogP contribution < -0.4 is 5.73 Å². The summed E-state index contributed by atoms with van der Waals surface area (Å²) >= 11 is 0. The molecule has 0 amide bonds. The normalized spacial score (nSPS) is 20.1. The molecule has 1 aromatic rings. The molecule has 0 aliphatic carbocycles. The second kappa shape index (κ2) is 6.42. The number of nitrogens with two attached hydrogens (primary N) is 1. The van der Waals surface area contributed by atoms with Crippen molar-refractivity contribution >= 4 is 21.7 Å². The van der Waals surface area contributed by atoms with Crippen LogP contribution in [0.2, 0.25) is 0 Å². The maximum atomic E-state index is 12.5. The number of nitrogens with zero attached hydrogens (tertiary/aromatic N) is 1. The lowest BCUT2D eigenvalue weighted by Crippen LogP contribution is -2.53. The number of esters is 1. The van der Waals surface area contributed by atoms with E-state index in [0.29, 0.717) is 11.3 Å². The average Bonchev–Trinajstić information content (AvgIpc) is 2.48. The van der Waals surface area contributed by atoms with E-state index in [-0.39, 0.29) is 25.5 Å². The van der Waals surface area contributed by atoms with E-state index in [2.05, 4.69) is 4.74 Å². The number of ether oxygens (including phenoxy) is 2. The standard InChI is InChI=1S/C13H18N2O5S/c1-19-13(16)12-8-20-7-6-15(12)21(17,18)9-10-2-4-11(14)5-3-10/h2-5,12H,6-9,14H2,1H3. The molecule has 0 radical (unpaired) electrons. The third-order valence-electron chi connectivity index (χ3n) is 3.24. The Morgan fingerprint density at radius 2 is 2.10 bits per heavy atom. The molecule has 1 saturated heterocycles. The SMILES string of the molecule is COC(=O)C1COCCN1S(=O)(=O)Cc1ccc(N)cc1. The van der Waals surface area contributed by atoms with Gasteiger partial charge in [0.15, 0.2) is 0 Å². The molecule has 1 aliphatic heterocycles. The molecule has 0 spiro atoms. The van der Waals surface area contributed by atoms with E-state index in [1.165, 1.54) is 7.11 Å². The highest BCUT2D eigenvalue weighted by atomic mass is 32.2. The van der Waals surface area contributed by atoms with Crippen LogP contribution in [0.15, 0.2) is 24.3 Å². The van der Waals surface area contributed by atoms with Crippen molar-refractivity contribution in [2.75, 3.05) is 32.6 Å². The predicted molar refractivity (Wildman–Crippen MR) is 76.8 cm³/mol. The molecule has 1 atom stereocenters. The monoisotopic (exact) mass is 314 g/mol. The van der Waals surface area contributed by atoms with Gasteiger partial charge in [-0.25, -0.2) is 8.42 Å². The van der Waals surface area contributed by atoms with Gasteiger partial charge in [0.1, 0.15) is 6.04 Å². The summed E-state index contributed by atoms with van der Waals surface area (Å²) in [5.74, 6) is -0.809. The highest BCUT2D eigenvalue weighted by Crippen LogP contribution is 2.18. The molecule has 7 nitrogen and oxygen atoms in total. The summed E-state index contributed by atoms with van der Waals surface area (Å²) in [6.45, 7) is 0.402. The Bertz CT molecular complexity index is 599. The number of nitrogen functional groups attached to an aromatic ring is 1. The summed E-state index contributed by atoms with van der Waals surface area (Å²) in [5, 5.41) is 0. The Hall–Kier alpha value is -1.64. The van der Waals surface area contributed by atoms with Gasteiger partial charge in [0.05, 0.1) is 26.1 Å². The quantitative estimate of drug-likeness (QED) is 0.619. The largest absolute Gasteiger partial charge is 0.468 e. The van der Waals surface area contributed by atoms with E-state index < -0.39 is 22.0 Å². The molecule has 0 aromatic heterocycles. The highest BCUT2D eigenvalue weighted by molar-refractivity contribution is 7.88. The minimum absolute atomic E-state index is 0.00758. The van der Waals surface area contributed by atoms with Gasteiger partial charge in [0, 0.05) is 12.2 Å². The molecule has 1 aliphatic rings. The van der Waals surface area contributed by atoms with Crippen LogP contribution in [0, 0.1) is 0 Å². The highest BCUT2D eigenvalue weighted by Gasteiger charge is 2.38. The number of rotatable bonds is 4. The van der Waals surface area contributed by atoms with Crippen molar-refractivity contribution in [2.24, 2.45) is 0 Å². The zero-order valence-electron chi connectivity index (χ0n) is 11.7. The fourth-order valence-electron chi connectivity index (χ4n) is 2.15. The number of benzene rings is 1. The fraction of sp³-hybridized carbons (Fsp3) is 0.462. The average molecular weight is 314 g/mol. The molecule has 1 aromatic carbocycles. The molecule has 0 bridgehead atoms. The van der Waals surface area contributed by atoms with E-state index in [1.54, 1.807) is 24.3 Å². The Morgan fingerprint density at radius 3 is 2.71 bits per heavy atom. The van der Waals surface area contributed by atoms with Crippen molar-refractivity contribution in [3.8, 4) is 0 Å². The van der Waals surface area contributed by atoms with Gasteiger partial charge in [0.25, 0.3) is 0 Å². The number of hydrogen-bond acceptors (Lipinski definition) is 6. The molecule has 2 N–H and O–H groups in total. The van der Waals surface area contributed by atoms with Gasteiger partial charge in [-0.15, -0.1) is 0 Å². The third kappa shape index (κ3) is 3.72. The van der Waals surface area contributed by atoms with Crippen LogP contribution in [0.3, 0.4) is 0 Å². The second-order valence-corrected chi connectivity index (χ2v) is 6.64. The van der Waals surface area contributed by atoms with Crippen LogP contribution in [0.5, 0.6) is 0 Å². The second-order valence-electron chi connectivity index (χ2n) is 4.72. The zero-order valence-corrected chi connectivity index (χ0v) is 12.5. The van der Waals surface area contributed by atoms with Crippen LogP contribution in [0.4, 0.5) is 5.69 Å². The maximum Gasteiger partial charge on any atom is 0.326 e. The summed E-state index contributed by atoms with van der Waals surface area (Å²) in [4.78, 5) is 11.7. The van der Waals surface area contributed by atoms with E-state index in [0.717, 1.165) is 4.31 Å². The molecule has 8 heteroatoms. The summed E-state index contributed by atoms with van der Waals surface area (Å²) in [5.41, 5.74) is 6.75.